The van der Waals surface area contributed by atoms with Crippen molar-refractivity contribution in [2.45, 2.75) is 19.0 Å². The predicted molar refractivity (Wildman–Crippen MR) is 76.7 cm³/mol. The maximum absolute atomic E-state index is 12.3. The second-order valence-electron chi connectivity index (χ2n) is 4.62. The van der Waals surface area contributed by atoms with Gasteiger partial charge < -0.3 is 4.42 Å². The first kappa shape index (κ1) is 12.9. The number of nitrogens with zero attached hydrogens (tertiary/aromatic N) is 2. The number of carbonyl (C=O) groups excluding carboxylic acids is 1. The topological polar surface area (TPSA) is 45.8 Å². The number of furan rings is 1. The standard InChI is InChI=1S/C15H13ClN2O2/c16-13-6-2-1-4-11(13)8-14-15(19)18(10-17-14)9-12-5-3-7-20-12/h1-7,10,14H,8-9H2. The largest absolute Gasteiger partial charge is 0.467 e. The molecule has 3 rings (SSSR count). The minimum Gasteiger partial charge on any atom is -0.467 e. The lowest BCUT2D eigenvalue weighted by molar-refractivity contribution is -0.127. The molecule has 0 bridgehead atoms. The number of rotatable bonds is 4. The van der Waals surface area contributed by atoms with Crippen molar-refractivity contribution >= 4 is 23.8 Å². The molecule has 5 heteroatoms. The molecule has 0 radical (unpaired) electrons. The smallest absolute Gasteiger partial charge is 0.253 e. The Bertz CT molecular complexity index is 637. The fourth-order valence-corrected chi connectivity index (χ4v) is 2.39. The summed E-state index contributed by atoms with van der Waals surface area (Å²) in [6.07, 6.45) is 3.68. The van der Waals surface area contributed by atoms with E-state index < -0.39 is 6.04 Å². The Morgan fingerprint density at radius 1 is 1.25 bits per heavy atom. The van der Waals surface area contributed by atoms with Crippen LogP contribution in [0.15, 0.2) is 52.1 Å². The number of benzene rings is 1. The molecule has 1 atom stereocenters. The van der Waals surface area contributed by atoms with Gasteiger partial charge in [-0.05, 0) is 23.8 Å². The molecule has 1 unspecified atom stereocenters. The second-order valence-corrected chi connectivity index (χ2v) is 5.03. The summed E-state index contributed by atoms with van der Waals surface area (Å²) in [5, 5.41) is 0.667. The molecular formula is C15H13ClN2O2. The van der Waals surface area contributed by atoms with E-state index >= 15 is 0 Å². The Labute approximate surface area is 121 Å². The van der Waals surface area contributed by atoms with Gasteiger partial charge in [-0.15, -0.1) is 0 Å². The van der Waals surface area contributed by atoms with Crippen LogP contribution in [0.2, 0.25) is 5.02 Å². The zero-order valence-corrected chi connectivity index (χ0v) is 11.5. The third kappa shape index (κ3) is 2.60. The van der Waals surface area contributed by atoms with E-state index in [1.165, 1.54) is 0 Å². The van der Waals surface area contributed by atoms with Crippen molar-refractivity contribution in [2.75, 3.05) is 0 Å². The van der Waals surface area contributed by atoms with Gasteiger partial charge in [-0.3, -0.25) is 14.7 Å². The Kier molecular flexibility index (Phi) is 3.56. The zero-order valence-electron chi connectivity index (χ0n) is 10.7. The summed E-state index contributed by atoms with van der Waals surface area (Å²) in [5.41, 5.74) is 0.935. The van der Waals surface area contributed by atoms with Crippen LogP contribution in [0.1, 0.15) is 11.3 Å². The second kappa shape index (κ2) is 5.51. The Morgan fingerprint density at radius 3 is 2.85 bits per heavy atom. The highest BCUT2D eigenvalue weighted by Gasteiger charge is 2.29. The molecule has 0 fully saturated rings. The lowest BCUT2D eigenvalue weighted by atomic mass is 10.1. The average Bonchev–Trinajstić information content (AvgIpc) is 3.06. The Balaban J connectivity index is 1.67. The van der Waals surface area contributed by atoms with E-state index in [1.54, 1.807) is 23.6 Å². The molecule has 1 aliphatic rings. The molecule has 0 spiro atoms. The van der Waals surface area contributed by atoms with Crippen molar-refractivity contribution in [3.05, 3.63) is 59.0 Å². The molecule has 1 aromatic heterocycles. The van der Waals surface area contributed by atoms with Gasteiger partial charge in [0.1, 0.15) is 11.8 Å². The summed E-state index contributed by atoms with van der Waals surface area (Å²) >= 11 is 6.11. The maximum atomic E-state index is 12.3. The van der Waals surface area contributed by atoms with Crippen LogP contribution in [0.4, 0.5) is 0 Å². The van der Waals surface area contributed by atoms with Crippen LogP contribution in [-0.2, 0) is 17.8 Å². The fourth-order valence-electron chi connectivity index (χ4n) is 2.17. The third-order valence-corrected chi connectivity index (χ3v) is 3.60. The summed E-state index contributed by atoms with van der Waals surface area (Å²) in [6, 6.07) is 10.8. The number of amides is 1. The summed E-state index contributed by atoms with van der Waals surface area (Å²) < 4.78 is 5.24. The SMILES string of the molecule is O=C1C(Cc2ccccc2Cl)N=CN1Cc1ccco1. The molecule has 0 N–H and O–H groups in total. The highest BCUT2D eigenvalue weighted by atomic mass is 35.5. The number of aliphatic imine (C=N–C) groups is 1. The van der Waals surface area contributed by atoms with Crippen molar-refractivity contribution < 1.29 is 9.21 Å². The Hall–Kier alpha value is -2.07. The molecule has 1 aliphatic heterocycles. The van der Waals surface area contributed by atoms with Crippen molar-refractivity contribution in [3.8, 4) is 0 Å². The van der Waals surface area contributed by atoms with Crippen LogP contribution in [-0.4, -0.2) is 23.2 Å². The fraction of sp³-hybridized carbons (Fsp3) is 0.200. The van der Waals surface area contributed by atoms with Crippen LogP contribution in [0.3, 0.4) is 0 Å². The molecule has 1 aromatic carbocycles. The zero-order chi connectivity index (χ0) is 13.9. The molecule has 0 saturated carbocycles. The van der Waals surface area contributed by atoms with Gasteiger partial charge in [-0.25, -0.2) is 0 Å². The maximum Gasteiger partial charge on any atom is 0.253 e. The van der Waals surface area contributed by atoms with Gasteiger partial charge in [0, 0.05) is 11.4 Å². The molecule has 0 saturated heterocycles. The van der Waals surface area contributed by atoms with Crippen molar-refractivity contribution in [1.82, 2.24) is 4.90 Å². The van der Waals surface area contributed by atoms with Gasteiger partial charge in [-0.2, -0.15) is 0 Å². The lowest BCUT2D eigenvalue weighted by Gasteiger charge is -2.13. The number of hydrogen-bond acceptors (Lipinski definition) is 3. The van der Waals surface area contributed by atoms with Crippen LogP contribution < -0.4 is 0 Å². The predicted octanol–water partition coefficient (Wildman–Crippen LogP) is 2.91. The van der Waals surface area contributed by atoms with E-state index in [0.717, 1.165) is 11.3 Å². The lowest BCUT2D eigenvalue weighted by Crippen LogP contribution is -2.31. The van der Waals surface area contributed by atoms with Gasteiger partial charge in [0.2, 0.25) is 0 Å². The van der Waals surface area contributed by atoms with E-state index in [4.69, 9.17) is 16.0 Å². The van der Waals surface area contributed by atoms with E-state index in [9.17, 15) is 4.79 Å². The van der Waals surface area contributed by atoms with Crippen LogP contribution in [0.5, 0.6) is 0 Å². The van der Waals surface area contributed by atoms with E-state index in [1.807, 2.05) is 30.3 Å². The third-order valence-electron chi connectivity index (χ3n) is 3.23. The van der Waals surface area contributed by atoms with Crippen molar-refractivity contribution in [1.29, 1.82) is 0 Å². The number of carbonyl (C=O) groups is 1. The molecule has 2 heterocycles. The monoisotopic (exact) mass is 288 g/mol. The normalized spacial score (nSPS) is 17.9. The summed E-state index contributed by atoms with van der Waals surface area (Å²) in [5.74, 6) is 0.713. The molecule has 0 aliphatic carbocycles. The van der Waals surface area contributed by atoms with Gasteiger partial charge in [0.15, 0.2) is 0 Å². The first-order valence-electron chi connectivity index (χ1n) is 6.33. The van der Waals surface area contributed by atoms with Gasteiger partial charge in [0.05, 0.1) is 19.1 Å². The molecule has 4 nitrogen and oxygen atoms in total. The van der Waals surface area contributed by atoms with Crippen LogP contribution >= 0.6 is 11.6 Å². The Morgan fingerprint density at radius 2 is 2.10 bits per heavy atom. The minimum atomic E-state index is -0.398. The highest BCUT2D eigenvalue weighted by Crippen LogP contribution is 2.20. The van der Waals surface area contributed by atoms with Gasteiger partial charge in [-0.1, -0.05) is 29.8 Å². The molecule has 20 heavy (non-hydrogen) atoms. The minimum absolute atomic E-state index is 0.0266. The summed E-state index contributed by atoms with van der Waals surface area (Å²) in [7, 11) is 0. The van der Waals surface area contributed by atoms with E-state index in [-0.39, 0.29) is 5.91 Å². The summed E-state index contributed by atoms with van der Waals surface area (Å²) in [6.45, 7) is 0.411. The van der Waals surface area contributed by atoms with Gasteiger partial charge >= 0.3 is 0 Å². The average molecular weight is 289 g/mol. The molecule has 2 aromatic rings. The van der Waals surface area contributed by atoms with Gasteiger partial charge in [0.25, 0.3) is 5.91 Å². The highest BCUT2D eigenvalue weighted by molar-refractivity contribution is 6.31. The quantitative estimate of drug-likeness (QED) is 0.868. The molecular weight excluding hydrogens is 276 g/mol. The molecule has 1 amide bonds. The van der Waals surface area contributed by atoms with E-state index in [0.29, 0.717) is 18.0 Å². The van der Waals surface area contributed by atoms with Crippen LogP contribution in [0.25, 0.3) is 0 Å². The number of halogens is 1. The van der Waals surface area contributed by atoms with E-state index in [2.05, 4.69) is 4.99 Å². The summed E-state index contributed by atoms with van der Waals surface area (Å²) in [4.78, 5) is 18.1. The van der Waals surface area contributed by atoms with Crippen molar-refractivity contribution in [2.24, 2.45) is 4.99 Å². The number of hydrogen-bond donors (Lipinski definition) is 0. The first-order chi connectivity index (χ1) is 9.74. The molecule has 102 valence electrons. The van der Waals surface area contributed by atoms with Crippen molar-refractivity contribution in [3.63, 3.8) is 0 Å². The van der Waals surface area contributed by atoms with Crippen LogP contribution in [0, 0.1) is 0 Å². The first-order valence-corrected chi connectivity index (χ1v) is 6.71.